The monoisotopic (exact) mass is 289 g/mol. The van der Waals surface area contributed by atoms with Crippen molar-refractivity contribution in [2.75, 3.05) is 18.1 Å². The van der Waals surface area contributed by atoms with Crippen molar-refractivity contribution in [2.45, 2.75) is 5.41 Å². The summed E-state index contributed by atoms with van der Waals surface area (Å²) in [5.74, 6) is 0.357. The molecule has 0 aliphatic carbocycles. The van der Waals surface area contributed by atoms with Crippen molar-refractivity contribution in [1.82, 2.24) is 0 Å². The standard InChI is InChI=1S/C10H12BrNO2S/c11-9-3-1-8(2-4-9)10(5-12)6-15(13,14)7-10/h1-4H,5-7,12H2. The second-order valence-electron chi connectivity index (χ2n) is 4.02. The zero-order valence-corrected chi connectivity index (χ0v) is 10.5. The van der Waals surface area contributed by atoms with E-state index in [1.807, 2.05) is 24.3 Å². The molecule has 1 heterocycles. The average Bonchev–Trinajstić information content (AvgIpc) is 2.14. The van der Waals surface area contributed by atoms with E-state index in [-0.39, 0.29) is 16.9 Å². The van der Waals surface area contributed by atoms with Gasteiger partial charge in [0.25, 0.3) is 0 Å². The average molecular weight is 290 g/mol. The molecule has 15 heavy (non-hydrogen) atoms. The lowest BCUT2D eigenvalue weighted by molar-refractivity contribution is 0.465. The fourth-order valence-electron chi connectivity index (χ4n) is 2.01. The molecule has 82 valence electrons. The van der Waals surface area contributed by atoms with Crippen LogP contribution in [0.1, 0.15) is 5.56 Å². The number of hydrogen-bond acceptors (Lipinski definition) is 3. The van der Waals surface area contributed by atoms with Crippen LogP contribution in [0.2, 0.25) is 0 Å². The summed E-state index contributed by atoms with van der Waals surface area (Å²) in [5, 5.41) is 0. The Bertz CT molecular complexity index is 455. The molecule has 1 aromatic carbocycles. The minimum Gasteiger partial charge on any atom is -0.330 e. The zero-order valence-electron chi connectivity index (χ0n) is 8.11. The molecular formula is C10H12BrNO2S. The molecule has 1 aromatic rings. The van der Waals surface area contributed by atoms with Crippen molar-refractivity contribution in [3.05, 3.63) is 34.3 Å². The minimum atomic E-state index is -2.85. The van der Waals surface area contributed by atoms with Gasteiger partial charge in [0.15, 0.2) is 9.84 Å². The van der Waals surface area contributed by atoms with Crippen molar-refractivity contribution in [1.29, 1.82) is 0 Å². The van der Waals surface area contributed by atoms with Crippen LogP contribution in [0.4, 0.5) is 0 Å². The van der Waals surface area contributed by atoms with Gasteiger partial charge in [0, 0.05) is 16.4 Å². The van der Waals surface area contributed by atoms with Crippen LogP contribution in [0.3, 0.4) is 0 Å². The molecule has 0 spiro atoms. The molecule has 1 saturated heterocycles. The molecule has 0 saturated carbocycles. The van der Waals surface area contributed by atoms with Crippen molar-refractivity contribution >= 4 is 25.8 Å². The highest BCUT2D eigenvalue weighted by Crippen LogP contribution is 2.36. The SMILES string of the molecule is NCC1(c2ccc(Br)cc2)CS(=O)(=O)C1. The first-order chi connectivity index (χ1) is 6.97. The lowest BCUT2D eigenvalue weighted by atomic mass is 9.83. The first kappa shape index (κ1) is 11.1. The van der Waals surface area contributed by atoms with Crippen LogP contribution >= 0.6 is 15.9 Å². The molecule has 2 rings (SSSR count). The van der Waals surface area contributed by atoms with Gasteiger partial charge in [-0.3, -0.25) is 0 Å². The van der Waals surface area contributed by atoms with E-state index in [0.717, 1.165) is 10.0 Å². The normalized spacial score (nSPS) is 22.0. The number of nitrogens with two attached hydrogens (primary N) is 1. The molecule has 0 atom stereocenters. The number of hydrogen-bond donors (Lipinski definition) is 1. The van der Waals surface area contributed by atoms with Crippen molar-refractivity contribution in [2.24, 2.45) is 5.73 Å². The fraction of sp³-hybridized carbons (Fsp3) is 0.400. The topological polar surface area (TPSA) is 60.2 Å². The molecule has 0 amide bonds. The Labute approximate surface area is 97.7 Å². The minimum absolute atomic E-state index is 0.179. The number of halogens is 1. The van der Waals surface area contributed by atoms with Gasteiger partial charge in [-0.05, 0) is 17.7 Å². The highest BCUT2D eigenvalue weighted by atomic mass is 79.9. The third-order valence-electron chi connectivity index (χ3n) is 2.84. The van der Waals surface area contributed by atoms with Crippen molar-refractivity contribution in [3.63, 3.8) is 0 Å². The summed E-state index contributed by atoms with van der Waals surface area (Å²) in [4.78, 5) is 0. The van der Waals surface area contributed by atoms with Gasteiger partial charge in [-0.2, -0.15) is 0 Å². The summed E-state index contributed by atoms with van der Waals surface area (Å²) in [7, 11) is -2.85. The Kier molecular flexibility index (Phi) is 2.65. The van der Waals surface area contributed by atoms with E-state index in [9.17, 15) is 8.42 Å². The largest absolute Gasteiger partial charge is 0.330 e. The molecule has 1 aliphatic heterocycles. The highest BCUT2D eigenvalue weighted by molar-refractivity contribution is 9.10. The lowest BCUT2D eigenvalue weighted by Gasteiger charge is -2.40. The van der Waals surface area contributed by atoms with Gasteiger partial charge >= 0.3 is 0 Å². The van der Waals surface area contributed by atoms with Gasteiger partial charge in [-0.25, -0.2) is 8.42 Å². The van der Waals surface area contributed by atoms with Crippen LogP contribution in [-0.4, -0.2) is 26.5 Å². The molecule has 0 aromatic heterocycles. The molecule has 0 bridgehead atoms. The van der Waals surface area contributed by atoms with Crippen LogP contribution in [0, 0.1) is 0 Å². The maximum atomic E-state index is 11.2. The van der Waals surface area contributed by atoms with Gasteiger partial charge in [0.1, 0.15) is 0 Å². The van der Waals surface area contributed by atoms with Gasteiger partial charge in [0.05, 0.1) is 11.5 Å². The first-order valence-corrected chi connectivity index (χ1v) is 7.25. The van der Waals surface area contributed by atoms with E-state index in [4.69, 9.17) is 5.73 Å². The zero-order chi connectivity index (χ0) is 11.1. The van der Waals surface area contributed by atoms with Crippen molar-refractivity contribution < 1.29 is 8.42 Å². The molecular weight excluding hydrogens is 278 g/mol. The third kappa shape index (κ3) is 1.96. The second kappa shape index (κ2) is 3.57. The molecule has 5 heteroatoms. The number of benzene rings is 1. The fourth-order valence-corrected chi connectivity index (χ4v) is 4.44. The van der Waals surface area contributed by atoms with Crippen LogP contribution in [0.5, 0.6) is 0 Å². The van der Waals surface area contributed by atoms with E-state index < -0.39 is 9.84 Å². The summed E-state index contributed by atoms with van der Waals surface area (Å²) in [6, 6.07) is 7.70. The molecule has 2 N–H and O–H groups in total. The Morgan fingerprint density at radius 3 is 2.20 bits per heavy atom. The summed E-state index contributed by atoms with van der Waals surface area (Å²) in [6.45, 7) is 0.383. The molecule has 1 aliphatic rings. The third-order valence-corrected chi connectivity index (χ3v) is 5.35. The predicted octanol–water partition coefficient (Wildman–Crippen LogP) is 1.07. The van der Waals surface area contributed by atoms with Crippen LogP contribution < -0.4 is 5.73 Å². The Balaban J connectivity index is 2.33. The van der Waals surface area contributed by atoms with Gasteiger partial charge in [-0.1, -0.05) is 28.1 Å². The predicted molar refractivity (Wildman–Crippen MR) is 63.5 cm³/mol. The quantitative estimate of drug-likeness (QED) is 0.886. The summed E-state index contributed by atoms with van der Waals surface area (Å²) >= 11 is 3.35. The van der Waals surface area contributed by atoms with Crippen LogP contribution in [-0.2, 0) is 15.3 Å². The van der Waals surface area contributed by atoms with Gasteiger partial charge in [-0.15, -0.1) is 0 Å². The molecule has 1 fully saturated rings. The molecule has 0 unspecified atom stereocenters. The van der Waals surface area contributed by atoms with E-state index in [0.29, 0.717) is 6.54 Å². The van der Waals surface area contributed by atoms with Gasteiger partial charge < -0.3 is 5.73 Å². The summed E-state index contributed by atoms with van der Waals surface area (Å²) < 4.78 is 23.5. The van der Waals surface area contributed by atoms with E-state index in [2.05, 4.69) is 15.9 Å². The Morgan fingerprint density at radius 1 is 1.27 bits per heavy atom. The highest BCUT2D eigenvalue weighted by Gasteiger charge is 2.48. The molecule has 0 radical (unpaired) electrons. The first-order valence-electron chi connectivity index (χ1n) is 4.64. The Morgan fingerprint density at radius 2 is 1.80 bits per heavy atom. The van der Waals surface area contributed by atoms with E-state index in [1.165, 1.54) is 0 Å². The summed E-state index contributed by atoms with van der Waals surface area (Å²) in [6.07, 6.45) is 0. The smallest absolute Gasteiger partial charge is 0.152 e. The van der Waals surface area contributed by atoms with E-state index >= 15 is 0 Å². The maximum Gasteiger partial charge on any atom is 0.152 e. The van der Waals surface area contributed by atoms with Crippen molar-refractivity contribution in [3.8, 4) is 0 Å². The van der Waals surface area contributed by atoms with E-state index in [1.54, 1.807) is 0 Å². The van der Waals surface area contributed by atoms with Gasteiger partial charge in [0.2, 0.25) is 0 Å². The van der Waals surface area contributed by atoms with Crippen LogP contribution in [0.25, 0.3) is 0 Å². The van der Waals surface area contributed by atoms with Crippen LogP contribution in [0.15, 0.2) is 28.7 Å². The lowest BCUT2D eigenvalue weighted by Crippen LogP contribution is -2.56. The maximum absolute atomic E-state index is 11.2. The molecule has 3 nitrogen and oxygen atoms in total. The second-order valence-corrected chi connectivity index (χ2v) is 7.00. The number of sulfone groups is 1. The number of rotatable bonds is 2. The Hall–Kier alpha value is -0.390. The summed E-state index contributed by atoms with van der Waals surface area (Å²) in [5.41, 5.74) is 6.35.